The Morgan fingerprint density at radius 2 is 1.90 bits per heavy atom. The SMILES string of the molecule is CCOc1ccc(-n2c(=O)[nH]c3c(C(N)=O)nc(-c4cc(F)ccc4F)nc32)cc1. The van der Waals surface area contributed by atoms with E-state index in [0.29, 0.717) is 18.0 Å². The highest BCUT2D eigenvalue weighted by molar-refractivity contribution is 6.02. The number of aromatic nitrogens is 4. The zero-order chi connectivity index (χ0) is 21.4. The summed E-state index contributed by atoms with van der Waals surface area (Å²) in [6, 6.07) is 9.31. The van der Waals surface area contributed by atoms with Crippen molar-refractivity contribution in [3.63, 3.8) is 0 Å². The van der Waals surface area contributed by atoms with Gasteiger partial charge in [-0.25, -0.2) is 28.1 Å². The summed E-state index contributed by atoms with van der Waals surface area (Å²) < 4.78 is 34.5. The number of hydrogen-bond acceptors (Lipinski definition) is 5. The van der Waals surface area contributed by atoms with Gasteiger partial charge in [0.2, 0.25) is 0 Å². The van der Waals surface area contributed by atoms with Gasteiger partial charge in [-0.1, -0.05) is 0 Å². The Hall–Kier alpha value is -4.08. The van der Waals surface area contributed by atoms with Gasteiger partial charge < -0.3 is 15.5 Å². The van der Waals surface area contributed by atoms with Crippen LogP contribution in [0.15, 0.2) is 47.3 Å². The van der Waals surface area contributed by atoms with E-state index >= 15 is 0 Å². The Balaban J connectivity index is 1.99. The summed E-state index contributed by atoms with van der Waals surface area (Å²) in [7, 11) is 0. The molecule has 0 fully saturated rings. The molecule has 2 aromatic carbocycles. The summed E-state index contributed by atoms with van der Waals surface area (Å²) in [6.45, 7) is 2.32. The van der Waals surface area contributed by atoms with Crippen molar-refractivity contribution in [2.45, 2.75) is 6.92 Å². The molecule has 4 rings (SSSR count). The summed E-state index contributed by atoms with van der Waals surface area (Å²) in [5.74, 6) is -2.15. The van der Waals surface area contributed by atoms with Crippen molar-refractivity contribution in [1.82, 2.24) is 19.5 Å². The van der Waals surface area contributed by atoms with Crippen LogP contribution in [0.1, 0.15) is 17.4 Å². The highest BCUT2D eigenvalue weighted by atomic mass is 19.1. The van der Waals surface area contributed by atoms with Crippen molar-refractivity contribution in [2.75, 3.05) is 6.61 Å². The molecule has 0 saturated carbocycles. The number of H-pyrrole nitrogens is 1. The van der Waals surface area contributed by atoms with E-state index in [-0.39, 0.29) is 28.2 Å². The highest BCUT2D eigenvalue weighted by Gasteiger charge is 2.21. The number of halogens is 2. The van der Waals surface area contributed by atoms with Crippen LogP contribution in [0, 0.1) is 11.6 Å². The Labute approximate surface area is 168 Å². The number of carbonyl (C=O) groups is 1. The molecule has 0 radical (unpaired) electrons. The number of ether oxygens (including phenoxy) is 1. The van der Waals surface area contributed by atoms with E-state index in [1.165, 1.54) is 4.57 Å². The number of nitrogens with zero attached hydrogens (tertiary/aromatic N) is 3. The first-order valence-electron chi connectivity index (χ1n) is 8.90. The fourth-order valence-corrected chi connectivity index (χ4v) is 3.05. The molecule has 0 aliphatic carbocycles. The van der Waals surface area contributed by atoms with Crippen LogP contribution < -0.4 is 16.2 Å². The zero-order valence-electron chi connectivity index (χ0n) is 15.6. The number of nitrogens with two attached hydrogens (primary N) is 1. The van der Waals surface area contributed by atoms with E-state index in [1.807, 2.05) is 6.92 Å². The van der Waals surface area contributed by atoms with Crippen molar-refractivity contribution in [3.8, 4) is 22.8 Å². The minimum Gasteiger partial charge on any atom is -0.494 e. The normalized spacial score (nSPS) is 11.0. The standard InChI is InChI=1S/C20H15F2N5O3/c1-2-30-12-6-4-11(5-7-12)27-19-16(25-20(27)29)15(17(23)28)24-18(26-19)13-9-10(21)3-8-14(13)22/h3-9H,2H2,1H3,(H2,23,28)(H,25,29). The van der Waals surface area contributed by atoms with Crippen LogP contribution in [-0.4, -0.2) is 32.0 Å². The van der Waals surface area contributed by atoms with Crippen LogP contribution in [0.3, 0.4) is 0 Å². The second-order valence-corrected chi connectivity index (χ2v) is 6.28. The average Bonchev–Trinajstić information content (AvgIpc) is 3.05. The van der Waals surface area contributed by atoms with Crippen LogP contribution in [0.4, 0.5) is 8.78 Å². The Bertz CT molecular complexity index is 1330. The minimum atomic E-state index is -0.958. The van der Waals surface area contributed by atoms with Crippen LogP contribution >= 0.6 is 0 Å². The molecule has 2 aromatic heterocycles. The number of benzene rings is 2. The van der Waals surface area contributed by atoms with Crippen LogP contribution in [0.5, 0.6) is 5.75 Å². The van der Waals surface area contributed by atoms with E-state index in [9.17, 15) is 18.4 Å². The monoisotopic (exact) mass is 411 g/mol. The van der Waals surface area contributed by atoms with Gasteiger partial charge in [0.25, 0.3) is 5.91 Å². The van der Waals surface area contributed by atoms with E-state index in [0.717, 1.165) is 18.2 Å². The topological polar surface area (TPSA) is 116 Å². The van der Waals surface area contributed by atoms with Gasteiger partial charge in [-0.05, 0) is 49.4 Å². The molecule has 152 valence electrons. The maximum Gasteiger partial charge on any atom is 0.332 e. The first kappa shape index (κ1) is 19.2. The summed E-state index contributed by atoms with van der Waals surface area (Å²) >= 11 is 0. The summed E-state index contributed by atoms with van der Waals surface area (Å²) in [4.78, 5) is 35.2. The lowest BCUT2D eigenvalue weighted by molar-refractivity contribution is 0.0997. The minimum absolute atomic E-state index is 0.00776. The molecule has 0 atom stereocenters. The lowest BCUT2D eigenvalue weighted by Crippen LogP contribution is -2.15. The number of nitrogens with one attached hydrogen (secondary N) is 1. The summed E-state index contributed by atoms with van der Waals surface area (Å²) in [6.07, 6.45) is 0. The maximum absolute atomic E-state index is 14.3. The number of primary amides is 1. The highest BCUT2D eigenvalue weighted by Crippen LogP contribution is 2.25. The third-order valence-corrected chi connectivity index (χ3v) is 4.35. The van der Waals surface area contributed by atoms with E-state index < -0.39 is 23.2 Å². The Morgan fingerprint density at radius 1 is 1.17 bits per heavy atom. The molecule has 30 heavy (non-hydrogen) atoms. The molecular formula is C20H15F2N5O3. The molecule has 4 aromatic rings. The van der Waals surface area contributed by atoms with Crippen molar-refractivity contribution in [3.05, 3.63) is 70.3 Å². The van der Waals surface area contributed by atoms with Gasteiger partial charge >= 0.3 is 5.69 Å². The molecule has 2 heterocycles. The molecule has 0 bridgehead atoms. The fourth-order valence-electron chi connectivity index (χ4n) is 3.05. The van der Waals surface area contributed by atoms with Crippen LogP contribution in [0.2, 0.25) is 0 Å². The zero-order valence-corrected chi connectivity index (χ0v) is 15.6. The number of imidazole rings is 1. The number of rotatable bonds is 5. The number of aromatic amines is 1. The predicted octanol–water partition coefficient (Wildman–Crippen LogP) is 2.55. The summed E-state index contributed by atoms with van der Waals surface area (Å²) in [5.41, 5.74) is 4.59. The fraction of sp³-hybridized carbons (Fsp3) is 0.100. The van der Waals surface area contributed by atoms with Crippen LogP contribution in [-0.2, 0) is 0 Å². The van der Waals surface area contributed by atoms with Gasteiger partial charge in [-0.3, -0.25) is 4.79 Å². The van der Waals surface area contributed by atoms with Crippen molar-refractivity contribution < 1.29 is 18.3 Å². The number of fused-ring (bicyclic) bond motifs is 1. The molecule has 0 aliphatic rings. The first-order chi connectivity index (χ1) is 14.4. The molecule has 0 aliphatic heterocycles. The maximum atomic E-state index is 14.3. The van der Waals surface area contributed by atoms with Gasteiger partial charge in [-0.15, -0.1) is 0 Å². The molecule has 8 nitrogen and oxygen atoms in total. The quantitative estimate of drug-likeness (QED) is 0.524. The van der Waals surface area contributed by atoms with E-state index in [1.54, 1.807) is 24.3 Å². The first-order valence-corrected chi connectivity index (χ1v) is 8.90. The van der Waals surface area contributed by atoms with E-state index in [2.05, 4.69) is 15.0 Å². The number of hydrogen-bond donors (Lipinski definition) is 2. The van der Waals surface area contributed by atoms with Gasteiger partial charge in [0, 0.05) is 0 Å². The predicted molar refractivity (Wildman–Crippen MR) is 105 cm³/mol. The van der Waals surface area contributed by atoms with Gasteiger partial charge in [0.15, 0.2) is 17.2 Å². The number of carbonyl (C=O) groups excluding carboxylic acids is 1. The Morgan fingerprint density at radius 3 is 2.57 bits per heavy atom. The molecule has 0 spiro atoms. The van der Waals surface area contributed by atoms with Gasteiger partial charge in [-0.2, -0.15) is 0 Å². The van der Waals surface area contributed by atoms with Crippen molar-refractivity contribution >= 4 is 17.1 Å². The Kier molecular flexibility index (Phi) is 4.74. The second kappa shape index (κ2) is 7.39. The second-order valence-electron chi connectivity index (χ2n) is 6.28. The third kappa shape index (κ3) is 3.28. The average molecular weight is 411 g/mol. The molecule has 1 amide bonds. The summed E-state index contributed by atoms with van der Waals surface area (Å²) in [5, 5.41) is 0. The van der Waals surface area contributed by atoms with Crippen molar-refractivity contribution in [2.24, 2.45) is 5.73 Å². The molecule has 0 unspecified atom stereocenters. The largest absolute Gasteiger partial charge is 0.494 e. The van der Waals surface area contributed by atoms with Crippen molar-refractivity contribution in [1.29, 1.82) is 0 Å². The lowest BCUT2D eigenvalue weighted by Gasteiger charge is -2.08. The van der Waals surface area contributed by atoms with Gasteiger partial charge in [0.1, 0.15) is 22.9 Å². The smallest absolute Gasteiger partial charge is 0.332 e. The molecular weight excluding hydrogens is 396 g/mol. The van der Waals surface area contributed by atoms with E-state index in [4.69, 9.17) is 10.5 Å². The number of amides is 1. The molecule has 3 N–H and O–H groups in total. The lowest BCUT2D eigenvalue weighted by atomic mass is 10.2. The van der Waals surface area contributed by atoms with Gasteiger partial charge in [0.05, 0.1) is 17.9 Å². The third-order valence-electron chi connectivity index (χ3n) is 4.35. The van der Waals surface area contributed by atoms with Crippen LogP contribution in [0.25, 0.3) is 28.2 Å². The molecule has 0 saturated heterocycles. The molecule has 10 heteroatoms.